The summed E-state index contributed by atoms with van der Waals surface area (Å²) in [5, 5.41) is 26.5. The minimum atomic E-state index is -5.92. The van der Waals surface area contributed by atoms with Crippen molar-refractivity contribution in [3.63, 3.8) is 0 Å². The van der Waals surface area contributed by atoms with Crippen molar-refractivity contribution in [3.05, 3.63) is 24.8 Å². The maximum Gasteiger partial charge on any atom is 0.274 e. The zero-order valence-electron chi connectivity index (χ0n) is 39.4. The predicted molar refractivity (Wildman–Crippen MR) is 247 cm³/mol. The number of rotatable bonds is 36. The van der Waals surface area contributed by atoms with Gasteiger partial charge in [-0.2, -0.15) is 0 Å². The highest BCUT2D eigenvalue weighted by Gasteiger charge is 2.47. The van der Waals surface area contributed by atoms with Gasteiger partial charge in [0, 0.05) is 37.1 Å². The van der Waals surface area contributed by atoms with Gasteiger partial charge in [0.05, 0.1) is 27.4 Å². The highest BCUT2D eigenvalue weighted by atomic mass is 32.2. The predicted octanol–water partition coefficient (Wildman–Crippen LogP) is 2.95. The number of aromatic nitrogens is 4. The van der Waals surface area contributed by atoms with Gasteiger partial charge in [-0.05, 0) is 32.1 Å². The number of phosphoric ester groups is 3. The zero-order chi connectivity index (χ0) is 51.1. The lowest BCUT2D eigenvalue weighted by atomic mass is 9.87. The second-order valence-corrected chi connectivity index (χ2v) is 22.5. The minimum absolute atomic E-state index is 0.0185. The Hall–Kier alpha value is -2.70. The molecule has 0 saturated carbocycles. The molecule has 2 unspecified atom stereocenters. The van der Waals surface area contributed by atoms with Crippen molar-refractivity contribution in [1.29, 1.82) is 0 Å². The first-order valence-corrected chi connectivity index (χ1v) is 28.5. The fourth-order valence-corrected chi connectivity index (χ4v) is 10.5. The second kappa shape index (κ2) is 30.4. The molecule has 0 aliphatic carbocycles. The van der Waals surface area contributed by atoms with Gasteiger partial charge < -0.3 is 69.0 Å². The van der Waals surface area contributed by atoms with E-state index in [4.69, 9.17) is 10.5 Å². The van der Waals surface area contributed by atoms with Crippen LogP contribution in [0.3, 0.4) is 0 Å². The standard InChI is InChI=1S/C41H72N7O17P3S/c1-4-5-6-7-8-9-10-11-12-13-14-15-16-17-18-19-20-21-32(50)69-25-24-43-31(49)22-23-44-39(53)36(52)41(2,3)27-62-68(59,60)65-67(57,58)61-26-30-35(64-66(54,55)56)34(51)40(63-30)48-29-47-33-37(42)45-28-46-38(33)48/h11-12,28-30,34-36,40,51-52H,4-10,13-27H2,1-3H3,(H,43,49)(H,44,53)(H,57,58)(H,59,60)(H2,42,45,46)(H2,54,55,56)/p-4/b12-11-/t30-,34-,35-,36+,40-/m1/s1. The van der Waals surface area contributed by atoms with Gasteiger partial charge in [-0.25, -0.2) is 19.3 Å². The number of hydrogen-bond acceptors (Lipinski definition) is 22. The van der Waals surface area contributed by atoms with Crippen LogP contribution in [-0.4, -0.2) is 103 Å². The number of carbonyl (C=O) groups is 3. The Kier molecular flexibility index (Phi) is 26.7. The maximum absolute atomic E-state index is 12.6. The topological polar surface area (TPSA) is 375 Å². The van der Waals surface area contributed by atoms with Crippen molar-refractivity contribution in [2.45, 2.75) is 161 Å². The Morgan fingerprint density at radius 3 is 2.13 bits per heavy atom. The number of aliphatic hydroxyl groups is 2. The fraction of sp³-hybridized carbons (Fsp3) is 0.756. The van der Waals surface area contributed by atoms with E-state index in [9.17, 15) is 57.9 Å². The van der Waals surface area contributed by atoms with Crippen molar-refractivity contribution in [3.8, 4) is 0 Å². The van der Waals surface area contributed by atoms with E-state index < -0.39 is 84.6 Å². The van der Waals surface area contributed by atoms with Gasteiger partial charge in [-0.1, -0.05) is 109 Å². The average Bonchev–Trinajstić information content (AvgIpc) is 3.84. The largest absolute Gasteiger partial charge is 0.790 e. The highest BCUT2D eigenvalue weighted by molar-refractivity contribution is 8.13. The molecule has 0 aromatic carbocycles. The molecule has 3 heterocycles. The van der Waals surface area contributed by atoms with Crippen LogP contribution >= 0.6 is 35.2 Å². The van der Waals surface area contributed by atoms with E-state index >= 15 is 0 Å². The Bertz CT molecular complexity index is 2080. The smallest absolute Gasteiger partial charge is 0.274 e. The van der Waals surface area contributed by atoms with E-state index in [1.54, 1.807) is 0 Å². The lowest BCUT2D eigenvalue weighted by Crippen LogP contribution is -2.46. The molecule has 394 valence electrons. The van der Waals surface area contributed by atoms with E-state index in [2.05, 4.69) is 62.5 Å². The number of ether oxygens (including phenoxy) is 1. The van der Waals surface area contributed by atoms with Crippen LogP contribution in [0.15, 0.2) is 24.8 Å². The monoisotopic (exact) mass is 1060 g/mol. The van der Waals surface area contributed by atoms with E-state index in [1.165, 1.54) is 78.1 Å². The van der Waals surface area contributed by atoms with Gasteiger partial charge in [0.25, 0.3) is 15.6 Å². The molecule has 0 spiro atoms. The molecule has 6 N–H and O–H groups in total. The number of nitrogens with one attached hydrogen (secondary N) is 2. The molecule has 0 radical (unpaired) electrons. The van der Waals surface area contributed by atoms with Crippen LogP contribution in [-0.2, 0) is 50.7 Å². The van der Waals surface area contributed by atoms with Crippen LogP contribution in [0.25, 0.3) is 11.2 Å². The van der Waals surface area contributed by atoms with Gasteiger partial charge in [-0.3, -0.25) is 28.1 Å². The summed E-state index contributed by atoms with van der Waals surface area (Å²) in [6.45, 7) is 2.41. The van der Waals surface area contributed by atoms with E-state index in [0.29, 0.717) is 12.2 Å². The van der Waals surface area contributed by atoms with Gasteiger partial charge in [-0.15, -0.1) is 0 Å². The number of imidazole rings is 1. The van der Waals surface area contributed by atoms with Gasteiger partial charge in [0.1, 0.15) is 36.3 Å². The third-order valence-corrected chi connectivity index (χ3v) is 14.8. The number of allylic oxidation sites excluding steroid dienone is 2. The number of unbranched alkanes of at least 4 members (excludes halogenated alkanes) is 13. The summed E-state index contributed by atoms with van der Waals surface area (Å²) in [5.41, 5.74) is 4.09. The van der Waals surface area contributed by atoms with Gasteiger partial charge >= 0.3 is 0 Å². The normalized spacial score (nSPS) is 20.0. The molecular weight excluding hydrogens is 987 g/mol. The Morgan fingerprint density at radius 1 is 0.884 bits per heavy atom. The molecule has 1 aliphatic heterocycles. The van der Waals surface area contributed by atoms with Crippen LogP contribution < -0.4 is 35.9 Å². The number of aliphatic hydroxyl groups excluding tert-OH is 2. The number of hydrogen-bond donors (Lipinski definition) is 5. The quantitative estimate of drug-likeness (QED) is 0.0372. The number of anilines is 1. The Balaban J connectivity index is 1.28. The molecule has 1 fully saturated rings. The van der Waals surface area contributed by atoms with Crippen molar-refractivity contribution in [1.82, 2.24) is 30.2 Å². The van der Waals surface area contributed by atoms with Gasteiger partial charge in [0.2, 0.25) is 11.8 Å². The summed E-state index contributed by atoms with van der Waals surface area (Å²) in [4.78, 5) is 96.9. The first-order valence-electron chi connectivity index (χ1n) is 23.2. The molecule has 2 amide bonds. The molecule has 2 aromatic rings. The second-order valence-electron chi connectivity index (χ2n) is 17.2. The van der Waals surface area contributed by atoms with Crippen molar-refractivity contribution < 1.29 is 80.5 Å². The average molecular weight is 1060 g/mol. The van der Waals surface area contributed by atoms with Gasteiger partial charge in [0.15, 0.2) is 22.8 Å². The number of phosphoric acid groups is 3. The lowest BCUT2D eigenvalue weighted by molar-refractivity contribution is -0.347. The Morgan fingerprint density at radius 2 is 1.49 bits per heavy atom. The number of nitrogen functional groups attached to an aromatic ring is 1. The summed E-state index contributed by atoms with van der Waals surface area (Å²) in [6, 6.07) is 0. The van der Waals surface area contributed by atoms with Crippen molar-refractivity contribution in [2.75, 3.05) is 37.8 Å². The molecule has 2 aromatic heterocycles. The Labute approximate surface area is 407 Å². The van der Waals surface area contributed by atoms with Crippen LogP contribution in [0, 0.1) is 5.41 Å². The number of thioether (sulfide) groups is 1. The number of fused-ring (bicyclic) bond motifs is 1. The molecule has 28 heteroatoms. The van der Waals surface area contributed by atoms with Crippen molar-refractivity contribution in [2.24, 2.45) is 5.41 Å². The minimum Gasteiger partial charge on any atom is -0.790 e. The number of carbonyl (C=O) groups excluding carboxylic acids is 3. The van der Waals surface area contributed by atoms with E-state index in [1.807, 2.05) is 0 Å². The SMILES string of the molecule is CCCCCCCC/C=C\CCCCCCCCCC(=O)SCCNC(=O)CCNC(=O)[C@H](O)C(C)(C)COP(=O)([O-])OP(=O)([O-])OC[C@H]1O[C@@H](n2cnc3c(N)ncnc32)[C@H](O)[C@@H]1OP(=O)([O-])[O-]. The van der Waals surface area contributed by atoms with Crippen LogP contribution in [0.4, 0.5) is 5.82 Å². The maximum atomic E-state index is 12.6. The number of nitrogens with zero attached hydrogens (tertiary/aromatic N) is 4. The van der Waals surface area contributed by atoms with E-state index in [-0.39, 0.29) is 41.6 Å². The first-order chi connectivity index (χ1) is 32.6. The summed E-state index contributed by atoms with van der Waals surface area (Å²) in [5.74, 6) is -1.14. The molecule has 69 heavy (non-hydrogen) atoms. The summed E-state index contributed by atoms with van der Waals surface area (Å²) in [6.07, 6.45) is 15.5. The summed E-state index contributed by atoms with van der Waals surface area (Å²) < 4.78 is 60.8. The third kappa shape index (κ3) is 23.2. The third-order valence-electron chi connectivity index (χ3n) is 10.9. The molecule has 0 bridgehead atoms. The molecule has 1 aliphatic rings. The lowest BCUT2D eigenvalue weighted by Gasteiger charge is -2.36. The van der Waals surface area contributed by atoms with Crippen molar-refractivity contribution >= 4 is 69.1 Å². The first kappa shape index (κ1) is 60.6. The van der Waals surface area contributed by atoms with Crippen LogP contribution in [0.5, 0.6) is 0 Å². The van der Waals surface area contributed by atoms with Crippen LogP contribution in [0.2, 0.25) is 0 Å². The summed E-state index contributed by atoms with van der Waals surface area (Å²) >= 11 is 1.14. The molecule has 7 atom stereocenters. The van der Waals surface area contributed by atoms with E-state index in [0.717, 1.165) is 61.1 Å². The molecule has 1 saturated heterocycles. The molecule has 24 nitrogen and oxygen atoms in total. The van der Waals surface area contributed by atoms with Crippen LogP contribution in [0.1, 0.15) is 136 Å². The number of nitrogens with two attached hydrogens (primary N) is 1. The highest BCUT2D eigenvalue weighted by Crippen LogP contribution is 2.56. The zero-order valence-corrected chi connectivity index (χ0v) is 42.9. The molecular formula is C41H68N7O17P3S-4. The number of amides is 2. The fourth-order valence-electron chi connectivity index (χ4n) is 7.04. The summed E-state index contributed by atoms with van der Waals surface area (Å²) in [7, 11) is -17.6. The molecule has 3 rings (SSSR count).